The van der Waals surface area contributed by atoms with Gasteiger partial charge < -0.3 is 9.88 Å². The Morgan fingerprint density at radius 1 is 1.12 bits per heavy atom. The van der Waals surface area contributed by atoms with Crippen LogP contribution in [0.15, 0.2) is 47.7 Å². The molecule has 0 fully saturated rings. The number of nitrogens with zero attached hydrogens (tertiary/aromatic N) is 5. The van der Waals surface area contributed by atoms with E-state index in [2.05, 4.69) is 15.3 Å². The smallest absolute Gasteiger partial charge is 0.256 e. The van der Waals surface area contributed by atoms with E-state index < -0.39 is 0 Å². The molecule has 1 amide bonds. The lowest BCUT2D eigenvalue weighted by Crippen LogP contribution is -2.32. The van der Waals surface area contributed by atoms with E-state index in [4.69, 9.17) is 5.10 Å². The zero-order valence-corrected chi connectivity index (χ0v) is 19.5. The number of hydrogen-bond acceptors (Lipinski definition) is 5. The molecule has 34 heavy (non-hydrogen) atoms. The van der Waals surface area contributed by atoms with Crippen LogP contribution >= 0.6 is 0 Å². The van der Waals surface area contributed by atoms with Crippen LogP contribution in [0.1, 0.15) is 47.1 Å². The van der Waals surface area contributed by atoms with Crippen LogP contribution in [0.25, 0.3) is 22.3 Å². The molecule has 0 unspecified atom stereocenters. The van der Waals surface area contributed by atoms with Gasteiger partial charge >= 0.3 is 0 Å². The zero-order chi connectivity index (χ0) is 23.7. The maximum Gasteiger partial charge on any atom is 0.256 e. The Labute approximate surface area is 197 Å². The Bertz CT molecular complexity index is 1420. The number of nitrogens with one attached hydrogen (secondary N) is 1. The SMILES string of the molecule is CCn1cc(C(=O)NCCn2nc(-c3ccncc3)c3c2CCCC3)c(=O)c2ccc(C)nc21. The number of fused-ring (bicyclic) bond motifs is 2. The van der Waals surface area contributed by atoms with E-state index in [-0.39, 0.29) is 16.9 Å². The predicted octanol–water partition coefficient (Wildman–Crippen LogP) is 3.29. The van der Waals surface area contributed by atoms with Gasteiger partial charge in [-0.05, 0) is 63.8 Å². The van der Waals surface area contributed by atoms with Crippen molar-refractivity contribution >= 4 is 16.9 Å². The molecule has 1 aliphatic rings. The van der Waals surface area contributed by atoms with Crippen LogP contribution in [-0.2, 0) is 25.9 Å². The van der Waals surface area contributed by atoms with Crippen molar-refractivity contribution in [3.63, 3.8) is 0 Å². The zero-order valence-electron chi connectivity index (χ0n) is 19.5. The number of pyridine rings is 3. The molecule has 0 radical (unpaired) electrons. The van der Waals surface area contributed by atoms with Gasteiger partial charge in [-0.2, -0.15) is 5.10 Å². The highest BCUT2D eigenvalue weighted by Gasteiger charge is 2.22. The maximum absolute atomic E-state index is 13.0. The molecule has 4 aromatic heterocycles. The number of amides is 1. The van der Waals surface area contributed by atoms with Crippen LogP contribution < -0.4 is 10.7 Å². The number of aromatic nitrogens is 5. The molecule has 0 spiro atoms. The van der Waals surface area contributed by atoms with E-state index in [0.717, 1.165) is 42.6 Å². The average Bonchev–Trinajstić information content (AvgIpc) is 3.23. The van der Waals surface area contributed by atoms with Crippen molar-refractivity contribution in [2.75, 3.05) is 6.54 Å². The van der Waals surface area contributed by atoms with Crippen molar-refractivity contribution in [1.29, 1.82) is 0 Å². The fraction of sp³-hybridized carbons (Fsp3) is 0.346. The van der Waals surface area contributed by atoms with E-state index in [1.807, 2.05) is 35.2 Å². The van der Waals surface area contributed by atoms with E-state index in [1.54, 1.807) is 30.7 Å². The van der Waals surface area contributed by atoms with Gasteiger partial charge in [-0.25, -0.2) is 4.98 Å². The second-order valence-corrected chi connectivity index (χ2v) is 8.68. The molecular formula is C26H28N6O2. The minimum absolute atomic E-state index is 0.139. The number of rotatable bonds is 6. The normalized spacial score (nSPS) is 13.1. The third-order valence-electron chi connectivity index (χ3n) is 6.47. The first-order valence-electron chi connectivity index (χ1n) is 11.8. The number of carbonyl (C=O) groups excluding carboxylic acids is 1. The van der Waals surface area contributed by atoms with Crippen molar-refractivity contribution in [3.8, 4) is 11.3 Å². The standard InChI is InChI=1S/C26H28N6O2/c1-3-31-16-21(24(33)20-9-8-17(2)29-25(20)31)26(34)28-14-15-32-22-7-5-4-6-19(22)23(30-32)18-10-12-27-13-11-18/h8-13,16H,3-7,14-15H2,1-2H3,(H,28,34). The van der Waals surface area contributed by atoms with Crippen molar-refractivity contribution in [1.82, 2.24) is 29.6 Å². The van der Waals surface area contributed by atoms with E-state index in [1.165, 1.54) is 11.3 Å². The van der Waals surface area contributed by atoms with Gasteiger partial charge in [0.25, 0.3) is 5.91 Å². The molecule has 0 atom stereocenters. The molecule has 1 N–H and O–H groups in total. The fourth-order valence-corrected chi connectivity index (χ4v) is 4.73. The van der Waals surface area contributed by atoms with Crippen LogP contribution in [0, 0.1) is 6.92 Å². The number of hydrogen-bond donors (Lipinski definition) is 1. The van der Waals surface area contributed by atoms with E-state index in [0.29, 0.717) is 30.7 Å². The summed E-state index contributed by atoms with van der Waals surface area (Å²) in [5.41, 5.74) is 5.90. The van der Waals surface area contributed by atoms with Gasteiger partial charge in [0.1, 0.15) is 11.2 Å². The van der Waals surface area contributed by atoms with Gasteiger partial charge in [-0.3, -0.25) is 19.3 Å². The van der Waals surface area contributed by atoms with Gasteiger partial charge in [-0.15, -0.1) is 0 Å². The van der Waals surface area contributed by atoms with Gasteiger partial charge in [0, 0.05) is 54.2 Å². The van der Waals surface area contributed by atoms with Gasteiger partial charge in [-0.1, -0.05) is 0 Å². The van der Waals surface area contributed by atoms with Crippen molar-refractivity contribution in [3.05, 3.63) is 75.6 Å². The van der Waals surface area contributed by atoms with E-state index >= 15 is 0 Å². The third kappa shape index (κ3) is 4.00. The number of carbonyl (C=O) groups is 1. The largest absolute Gasteiger partial charge is 0.350 e. The molecule has 174 valence electrons. The Hall–Kier alpha value is -3.81. The summed E-state index contributed by atoms with van der Waals surface area (Å²) in [7, 11) is 0. The lowest BCUT2D eigenvalue weighted by Gasteiger charge is -2.15. The Kier molecular flexibility index (Phi) is 5.96. The molecule has 0 aliphatic heterocycles. The molecule has 8 nitrogen and oxygen atoms in total. The van der Waals surface area contributed by atoms with Gasteiger partial charge in [0.15, 0.2) is 0 Å². The minimum Gasteiger partial charge on any atom is -0.350 e. The lowest BCUT2D eigenvalue weighted by molar-refractivity contribution is 0.0950. The molecule has 1 aliphatic carbocycles. The fourth-order valence-electron chi connectivity index (χ4n) is 4.73. The monoisotopic (exact) mass is 456 g/mol. The van der Waals surface area contributed by atoms with Gasteiger partial charge in [0.2, 0.25) is 5.43 Å². The van der Waals surface area contributed by atoms with Crippen LogP contribution in [0.3, 0.4) is 0 Å². The highest BCUT2D eigenvalue weighted by Crippen LogP contribution is 2.30. The second-order valence-electron chi connectivity index (χ2n) is 8.68. The maximum atomic E-state index is 13.0. The van der Waals surface area contributed by atoms with E-state index in [9.17, 15) is 9.59 Å². The summed E-state index contributed by atoms with van der Waals surface area (Å²) >= 11 is 0. The molecule has 0 saturated carbocycles. The molecule has 8 heteroatoms. The summed E-state index contributed by atoms with van der Waals surface area (Å²) in [4.78, 5) is 34.6. The highest BCUT2D eigenvalue weighted by atomic mass is 16.2. The summed E-state index contributed by atoms with van der Waals surface area (Å²) in [6, 6.07) is 7.52. The first-order valence-corrected chi connectivity index (χ1v) is 11.8. The first kappa shape index (κ1) is 22.0. The molecule has 4 heterocycles. The second kappa shape index (κ2) is 9.21. The van der Waals surface area contributed by atoms with Crippen LogP contribution in [-0.4, -0.2) is 36.8 Å². The first-order chi connectivity index (χ1) is 16.6. The molecule has 0 saturated heterocycles. The topological polar surface area (TPSA) is 94.7 Å². The van der Waals surface area contributed by atoms with Crippen LogP contribution in [0.4, 0.5) is 0 Å². The summed E-state index contributed by atoms with van der Waals surface area (Å²) in [5.74, 6) is -0.370. The average molecular weight is 457 g/mol. The summed E-state index contributed by atoms with van der Waals surface area (Å²) < 4.78 is 3.87. The molecule has 0 aromatic carbocycles. The molecular weight excluding hydrogens is 428 g/mol. The minimum atomic E-state index is -0.370. The summed E-state index contributed by atoms with van der Waals surface area (Å²) in [5, 5.41) is 8.28. The molecule has 5 rings (SSSR count). The molecule has 0 bridgehead atoms. The lowest BCUT2D eigenvalue weighted by atomic mass is 9.94. The quantitative estimate of drug-likeness (QED) is 0.480. The van der Waals surface area contributed by atoms with Crippen molar-refractivity contribution in [2.24, 2.45) is 0 Å². The Morgan fingerprint density at radius 3 is 2.71 bits per heavy atom. The van der Waals surface area contributed by atoms with Crippen molar-refractivity contribution in [2.45, 2.75) is 52.6 Å². The molecule has 4 aromatic rings. The van der Waals surface area contributed by atoms with Gasteiger partial charge in [0.05, 0.1) is 17.6 Å². The Balaban J connectivity index is 1.37. The third-order valence-corrected chi connectivity index (χ3v) is 6.47. The Morgan fingerprint density at radius 2 is 1.91 bits per heavy atom. The highest BCUT2D eigenvalue weighted by molar-refractivity contribution is 5.96. The van der Waals surface area contributed by atoms with Crippen LogP contribution in [0.5, 0.6) is 0 Å². The number of aryl methyl sites for hydroxylation is 2. The summed E-state index contributed by atoms with van der Waals surface area (Å²) in [6.45, 7) is 5.41. The summed E-state index contributed by atoms with van der Waals surface area (Å²) in [6.07, 6.45) is 9.49. The van der Waals surface area contributed by atoms with Crippen molar-refractivity contribution < 1.29 is 4.79 Å². The predicted molar refractivity (Wildman–Crippen MR) is 131 cm³/mol. The van der Waals surface area contributed by atoms with Crippen LogP contribution in [0.2, 0.25) is 0 Å².